The monoisotopic (exact) mass is 644 g/mol. The molecule has 0 N–H and O–H groups in total. The standard InChI is InChI=1S/C28H32Cl4N4O3S/c1-4-7-8-12-35-25-17-21(31)19(29)15-23(25)33(5-2)27(35)10-9-11-28-34(6-3)24-16-20(30)22(32)18-26(24)36(28)13-14-40(37,38)39/h9-11,15-18H,4-8,12-14H2,1-3H3. The topological polar surface area (TPSA) is 72.5 Å². The van der Waals surface area contributed by atoms with Gasteiger partial charge < -0.3 is 14.4 Å². The quantitative estimate of drug-likeness (QED) is 0.123. The predicted octanol–water partition coefficient (Wildman–Crippen LogP) is 7.50. The van der Waals surface area contributed by atoms with Crippen LogP contribution in [0, 0.1) is 0 Å². The van der Waals surface area contributed by atoms with E-state index in [-0.39, 0.29) is 6.54 Å². The summed E-state index contributed by atoms with van der Waals surface area (Å²) in [5.41, 5.74) is 3.49. The first kappa shape index (κ1) is 31.0. The van der Waals surface area contributed by atoms with Crippen LogP contribution in [0.1, 0.15) is 45.9 Å². The van der Waals surface area contributed by atoms with E-state index in [4.69, 9.17) is 46.4 Å². The van der Waals surface area contributed by atoms with Crippen LogP contribution in [-0.2, 0) is 23.2 Å². The maximum atomic E-state index is 11.5. The Kier molecular flexibility index (Phi) is 10.0. The Morgan fingerprint density at radius 2 is 1.50 bits per heavy atom. The number of hydrogen-bond acceptors (Lipinski definition) is 5. The van der Waals surface area contributed by atoms with Gasteiger partial charge in [0.25, 0.3) is 5.82 Å². The molecule has 1 aliphatic heterocycles. The van der Waals surface area contributed by atoms with Gasteiger partial charge in [0.2, 0.25) is 0 Å². The van der Waals surface area contributed by atoms with Crippen LogP contribution >= 0.6 is 46.4 Å². The number of unbranched alkanes of at least 4 members (excludes halogenated alkanes) is 2. The fraction of sp³-hybridized carbons (Fsp3) is 0.393. The zero-order valence-corrected chi connectivity index (χ0v) is 26.5. The molecule has 0 radical (unpaired) electrons. The predicted molar refractivity (Wildman–Crippen MR) is 166 cm³/mol. The number of imidazole rings is 1. The van der Waals surface area contributed by atoms with E-state index in [2.05, 4.69) is 23.0 Å². The lowest BCUT2D eigenvalue weighted by atomic mass is 10.2. The van der Waals surface area contributed by atoms with Gasteiger partial charge in [-0.25, -0.2) is 17.6 Å². The average Bonchev–Trinajstić information content (AvgIpc) is 3.33. The highest BCUT2D eigenvalue weighted by Crippen LogP contribution is 2.45. The summed E-state index contributed by atoms with van der Waals surface area (Å²) in [6.45, 7) is 8.36. The number of nitrogens with zero attached hydrogens (tertiary/aromatic N) is 4. The van der Waals surface area contributed by atoms with Crippen molar-refractivity contribution in [3.05, 3.63) is 68.2 Å². The Morgan fingerprint density at radius 1 is 0.875 bits per heavy atom. The van der Waals surface area contributed by atoms with Gasteiger partial charge in [0.1, 0.15) is 5.82 Å². The summed E-state index contributed by atoms with van der Waals surface area (Å²) >= 11 is 25.5. The lowest BCUT2D eigenvalue weighted by Gasteiger charge is -2.24. The number of aromatic nitrogens is 2. The highest BCUT2D eigenvalue weighted by atomic mass is 35.5. The molecule has 0 bridgehead atoms. The largest absolute Gasteiger partial charge is 0.748 e. The molecule has 1 aliphatic rings. The van der Waals surface area contributed by atoms with Crippen molar-refractivity contribution in [1.29, 1.82) is 0 Å². The molecule has 0 saturated heterocycles. The van der Waals surface area contributed by atoms with Gasteiger partial charge in [0.05, 0.1) is 60.4 Å². The summed E-state index contributed by atoms with van der Waals surface area (Å²) in [5.74, 6) is 1.16. The van der Waals surface area contributed by atoms with E-state index in [0.717, 1.165) is 60.7 Å². The first-order valence-electron chi connectivity index (χ1n) is 13.3. The number of benzene rings is 2. The van der Waals surface area contributed by atoms with Gasteiger partial charge in [-0.2, -0.15) is 0 Å². The Morgan fingerprint density at radius 3 is 2.10 bits per heavy atom. The zero-order chi connectivity index (χ0) is 29.2. The van der Waals surface area contributed by atoms with Crippen LogP contribution in [0.3, 0.4) is 0 Å². The van der Waals surface area contributed by atoms with Crippen LogP contribution in [0.15, 0.2) is 42.2 Å². The van der Waals surface area contributed by atoms with E-state index in [1.807, 2.05) is 42.2 Å². The third kappa shape index (κ3) is 6.42. The molecule has 2 heterocycles. The maximum absolute atomic E-state index is 11.5. The molecule has 4 rings (SSSR count). The Bertz CT molecular complexity index is 1580. The van der Waals surface area contributed by atoms with Gasteiger partial charge in [0.15, 0.2) is 11.0 Å². The van der Waals surface area contributed by atoms with Crippen LogP contribution in [0.2, 0.25) is 20.1 Å². The fourth-order valence-electron chi connectivity index (χ4n) is 5.14. The molecule has 12 heteroatoms. The van der Waals surface area contributed by atoms with Gasteiger partial charge >= 0.3 is 0 Å². The summed E-state index contributed by atoms with van der Waals surface area (Å²) in [4.78, 5) is 3.81. The van der Waals surface area contributed by atoms with Crippen LogP contribution < -0.4 is 14.4 Å². The zero-order valence-electron chi connectivity index (χ0n) is 22.6. The van der Waals surface area contributed by atoms with E-state index >= 15 is 0 Å². The molecule has 0 spiro atoms. The molecule has 0 saturated carbocycles. The minimum atomic E-state index is -4.43. The first-order chi connectivity index (χ1) is 19.0. The van der Waals surface area contributed by atoms with Crippen molar-refractivity contribution >= 4 is 85.0 Å². The number of halogens is 4. The molecule has 0 amide bonds. The highest BCUT2D eigenvalue weighted by Gasteiger charge is 2.31. The van der Waals surface area contributed by atoms with E-state index < -0.39 is 15.9 Å². The molecule has 40 heavy (non-hydrogen) atoms. The second kappa shape index (κ2) is 12.9. The van der Waals surface area contributed by atoms with Crippen molar-refractivity contribution < 1.29 is 17.5 Å². The fourth-order valence-corrected chi connectivity index (χ4v) is 6.18. The van der Waals surface area contributed by atoms with Crippen molar-refractivity contribution in [3.8, 4) is 0 Å². The molecule has 216 valence electrons. The summed E-state index contributed by atoms with van der Waals surface area (Å²) in [7, 11) is -4.43. The molecule has 0 atom stereocenters. The number of aryl methyl sites for hydroxylation is 2. The normalized spacial score (nSPS) is 14.8. The van der Waals surface area contributed by atoms with Gasteiger partial charge in [0, 0.05) is 31.3 Å². The molecule has 0 aliphatic carbocycles. The molecule has 0 fully saturated rings. The number of allylic oxidation sites excluding steroid dienone is 2. The Balaban J connectivity index is 1.82. The highest BCUT2D eigenvalue weighted by molar-refractivity contribution is 7.85. The lowest BCUT2D eigenvalue weighted by Crippen LogP contribution is -2.36. The summed E-state index contributed by atoms with van der Waals surface area (Å²) in [6.07, 6.45) is 9.11. The van der Waals surface area contributed by atoms with E-state index in [0.29, 0.717) is 32.3 Å². The molecule has 3 aromatic rings. The lowest BCUT2D eigenvalue weighted by molar-refractivity contribution is -0.674. The van der Waals surface area contributed by atoms with Crippen molar-refractivity contribution in [3.63, 3.8) is 0 Å². The SMILES string of the molecule is CCCCC[n+]1c(C=CC=C2N(CC)c3cc(Cl)c(Cl)cc3N2CCS(=O)(=O)[O-])n(CC)c2cc(Cl)c(Cl)cc21. The smallest absolute Gasteiger partial charge is 0.282 e. The van der Waals surface area contributed by atoms with Crippen LogP contribution in [0.4, 0.5) is 11.4 Å². The van der Waals surface area contributed by atoms with E-state index in [1.54, 1.807) is 17.0 Å². The molecular weight excluding hydrogens is 614 g/mol. The van der Waals surface area contributed by atoms with E-state index in [1.165, 1.54) is 0 Å². The third-order valence-corrected chi connectivity index (χ3v) is 9.10. The van der Waals surface area contributed by atoms with Gasteiger partial charge in [-0.05, 0) is 44.9 Å². The van der Waals surface area contributed by atoms with Crippen LogP contribution in [0.5, 0.6) is 0 Å². The number of fused-ring (bicyclic) bond motifs is 2. The molecular formula is C28H32Cl4N4O3S. The molecule has 7 nitrogen and oxygen atoms in total. The number of hydrogen-bond donors (Lipinski definition) is 0. The molecule has 2 aromatic carbocycles. The average molecular weight is 646 g/mol. The van der Waals surface area contributed by atoms with Crippen molar-refractivity contribution in [2.75, 3.05) is 28.6 Å². The molecule has 0 unspecified atom stereocenters. The summed E-state index contributed by atoms with van der Waals surface area (Å²) < 4.78 is 39.0. The summed E-state index contributed by atoms with van der Waals surface area (Å²) in [5, 5.41) is 1.75. The van der Waals surface area contributed by atoms with Gasteiger partial charge in [-0.15, -0.1) is 0 Å². The second-order valence-corrected chi connectivity index (χ2v) is 12.7. The van der Waals surface area contributed by atoms with E-state index in [9.17, 15) is 13.0 Å². The Hall–Kier alpha value is -1.94. The van der Waals surface area contributed by atoms with Gasteiger partial charge in [-0.3, -0.25) is 0 Å². The van der Waals surface area contributed by atoms with Crippen molar-refractivity contribution in [1.82, 2.24) is 4.57 Å². The second-order valence-electron chi connectivity index (χ2n) is 9.51. The maximum Gasteiger partial charge on any atom is 0.282 e. The van der Waals surface area contributed by atoms with Crippen LogP contribution in [0.25, 0.3) is 17.1 Å². The number of anilines is 2. The van der Waals surface area contributed by atoms with Crippen molar-refractivity contribution in [2.45, 2.75) is 53.1 Å². The first-order valence-corrected chi connectivity index (χ1v) is 16.4. The minimum Gasteiger partial charge on any atom is -0.748 e. The van der Waals surface area contributed by atoms with Crippen LogP contribution in [-0.4, -0.2) is 36.4 Å². The number of rotatable bonds is 11. The Labute approximate surface area is 255 Å². The minimum absolute atomic E-state index is 0.0177. The summed E-state index contributed by atoms with van der Waals surface area (Å²) in [6, 6.07) is 7.28. The van der Waals surface area contributed by atoms with Gasteiger partial charge in [-0.1, -0.05) is 65.8 Å². The third-order valence-electron chi connectivity index (χ3n) is 6.98. The molecule has 1 aromatic heterocycles. The van der Waals surface area contributed by atoms with Crippen molar-refractivity contribution in [2.24, 2.45) is 0 Å².